The van der Waals surface area contributed by atoms with Crippen LogP contribution in [0.1, 0.15) is 36.8 Å². The summed E-state index contributed by atoms with van der Waals surface area (Å²) in [6.45, 7) is 3.67. The Kier molecular flexibility index (Phi) is 4.59. The lowest BCUT2D eigenvalue weighted by Crippen LogP contribution is -2.13. The van der Waals surface area contributed by atoms with E-state index in [-0.39, 0.29) is 0 Å². The Morgan fingerprint density at radius 3 is 2.82 bits per heavy atom. The standard InChI is InChI=1S/C14H17NO2/c1-3-4-5-6-11(14(16)17)12-9-10(2)7-8-13(12)15/h7-9,11H,5-6,15H2,1-2H3,(H,16,17). The van der Waals surface area contributed by atoms with Gasteiger partial charge in [-0.1, -0.05) is 17.7 Å². The summed E-state index contributed by atoms with van der Waals surface area (Å²) in [5.74, 6) is 4.23. The third-order valence-electron chi connectivity index (χ3n) is 2.65. The summed E-state index contributed by atoms with van der Waals surface area (Å²) < 4.78 is 0. The zero-order chi connectivity index (χ0) is 12.8. The number of nitrogens with two attached hydrogens (primary N) is 1. The summed E-state index contributed by atoms with van der Waals surface area (Å²) in [4.78, 5) is 11.3. The summed E-state index contributed by atoms with van der Waals surface area (Å²) in [5.41, 5.74) is 8.07. The molecule has 1 atom stereocenters. The molecule has 0 aliphatic carbocycles. The van der Waals surface area contributed by atoms with Crippen molar-refractivity contribution in [1.29, 1.82) is 0 Å². The van der Waals surface area contributed by atoms with Crippen LogP contribution in [-0.4, -0.2) is 11.1 Å². The number of nitrogen functional groups attached to an aromatic ring is 1. The average Bonchev–Trinajstić information content (AvgIpc) is 2.28. The number of aliphatic carboxylic acids is 1. The quantitative estimate of drug-likeness (QED) is 0.618. The summed E-state index contributed by atoms with van der Waals surface area (Å²) in [7, 11) is 0. The molecule has 1 unspecified atom stereocenters. The molecule has 0 amide bonds. The Morgan fingerprint density at radius 2 is 2.24 bits per heavy atom. The minimum atomic E-state index is -0.847. The van der Waals surface area contributed by atoms with Gasteiger partial charge in [-0.2, -0.15) is 0 Å². The molecule has 3 nitrogen and oxygen atoms in total. The van der Waals surface area contributed by atoms with E-state index in [0.29, 0.717) is 24.1 Å². The molecule has 0 heterocycles. The van der Waals surface area contributed by atoms with Crippen molar-refractivity contribution >= 4 is 11.7 Å². The van der Waals surface area contributed by atoms with Gasteiger partial charge in [0.05, 0.1) is 5.92 Å². The van der Waals surface area contributed by atoms with Gasteiger partial charge in [-0.05, 0) is 31.9 Å². The van der Waals surface area contributed by atoms with Crippen molar-refractivity contribution in [3.05, 3.63) is 29.3 Å². The van der Waals surface area contributed by atoms with E-state index in [4.69, 9.17) is 5.73 Å². The maximum Gasteiger partial charge on any atom is 0.311 e. The fraction of sp³-hybridized carbons (Fsp3) is 0.357. The molecule has 0 spiro atoms. The van der Waals surface area contributed by atoms with Crippen molar-refractivity contribution in [1.82, 2.24) is 0 Å². The summed E-state index contributed by atoms with van der Waals surface area (Å²) in [6.07, 6.45) is 1.06. The fourth-order valence-corrected chi connectivity index (χ4v) is 1.75. The summed E-state index contributed by atoms with van der Waals surface area (Å²) in [5, 5.41) is 9.24. The lowest BCUT2D eigenvalue weighted by atomic mass is 9.92. The minimum absolute atomic E-state index is 0.490. The summed E-state index contributed by atoms with van der Waals surface area (Å²) in [6, 6.07) is 5.48. The first-order valence-electron chi connectivity index (χ1n) is 5.54. The van der Waals surface area contributed by atoms with Gasteiger partial charge in [-0.25, -0.2) is 0 Å². The number of carboxylic acids is 1. The van der Waals surface area contributed by atoms with E-state index in [2.05, 4.69) is 11.8 Å². The molecule has 3 N–H and O–H groups in total. The monoisotopic (exact) mass is 231 g/mol. The minimum Gasteiger partial charge on any atom is -0.481 e. The number of rotatable bonds is 4. The molecule has 0 aliphatic rings. The van der Waals surface area contributed by atoms with Crippen LogP contribution in [0.25, 0.3) is 0 Å². The van der Waals surface area contributed by atoms with E-state index in [9.17, 15) is 9.90 Å². The molecule has 0 aliphatic heterocycles. The van der Waals surface area contributed by atoms with Gasteiger partial charge >= 0.3 is 5.97 Å². The third kappa shape index (κ3) is 3.53. The van der Waals surface area contributed by atoms with Crippen LogP contribution in [0.3, 0.4) is 0 Å². The molecule has 1 rings (SSSR count). The predicted molar refractivity (Wildman–Crippen MR) is 68.7 cm³/mol. The molecule has 0 radical (unpaired) electrons. The molecule has 0 fully saturated rings. The van der Waals surface area contributed by atoms with Gasteiger partial charge in [0.15, 0.2) is 0 Å². The molecular weight excluding hydrogens is 214 g/mol. The van der Waals surface area contributed by atoms with Crippen molar-refractivity contribution in [2.75, 3.05) is 5.73 Å². The molecule has 0 saturated heterocycles. The van der Waals surface area contributed by atoms with E-state index < -0.39 is 11.9 Å². The van der Waals surface area contributed by atoms with Gasteiger partial charge in [-0.3, -0.25) is 4.79 Å². The van der Waals surface area contributed by atoms with Gasteiger partial charge < -0.3 is 10.8 Å². The number of carboxylic acid groups (broad SMARTS) is 1. The van der Waals surface area contributed by atoms with Crippen LogP contribution in [0.5, 0.6) is 0 Å². The number of aryl methyl sites for hydroxylation is 1. The summed E-state index contributed by atoms with van der Waals surface area (Å²) >= 11 is 0. The molecule has 1 aromatic rings. The molecular formula is C14H17NO2. The van der Waals surface area contributed by atoms with Crippen LogP contribution >= 0.6 is 0 Å². The number of benzene rings is 1. The van der Waals surface area contributed by atoms with Crippen molar-refractivity contribution in [3.63, 3.8) is 0 Å². The average molecular weight is 231 g/mol. The molecule has 17 heavy (non-hydrogen) atoms. The van der Waals surface area contributed by atoms with Crippen LogP contribution in [0.15, 0.2) is 18.2 Å². The first-order valence-corrected chi connectivity index (χ1v) is 5.54. The van der Waals surface area contributed by atoms with E-state index in [1.807, 2.05) is 19.1 Å². The van der Waals surface area contributed by atoms with Crippen molar-refractivity contribution in [2.24, 2.45) is 0 Å². The maximum atomic E-state index is 11.3. The molecule has 0 bridgehead atoms. The van der Waals surface area contributed by atoms with Gasteiger partial charge in [0.2, 0.25) is 0 Å². The van der Waals surface area contributed by atoms with Crippen LogP contribution < -0.4 is 5.73 Å². The van der Waals surface area contributed by atoms with Gasteiger partial charge in [0.25, 0.3) is 0 Å². The molecule has 1 aromatic carbocycles. The Morgan fingerprint density at radius 1 is 1.53 bits per heavy atom. The zero-order valence-corrected chi connectivity index (χ0v) is 10.2. The number of hydrogen-bond donors (Lipinski definition) is 2. The first-order chi connectivity index (χ1) is 8.06. The highest BCUT2D eigenvalue weighted by atomic mass is 16.4. The second-order valence-electron chi connectivity index (χ2n) is 3.99. The zero-order valence-electron chi connectivity index (χ0n) is 10.2. The van der Waals surface area contributed by atoms with Gasteiger partial charge in [0, 0.05) is 12.1 Å². The van der Waals surface area contributed by atoms with E-state index in [0.717, 1.165) is 5.56 Å². The molecule has 90 valence electrons. The lowest BCUT2D eigenvalue weighted by Gasteiger charge is -2.14. The van der Waals surface area contributed by atoms with E-state index >= 15 is 0 Å². The van der Waals surface area contributed by atoms with Gasteiger partial charge in [0.1, 0.15) is 0 Å². The van der Waals surface area contributed by atoms with Crippen LogP contribution in [-0.2, 0) is 4.79 Å². The topological polar surface area (TPSA) is 63.3 Å². The van der Waals surface area contributed by atoms with Crippen LogP contribution in [0.2, 0.25) is 0 Å². The predicted octanol–water partition coefficient (Wildman–Crippen LogP) is 2.55. The second kappa shape index (κ2) is 5.95. The normalized spacial score (nSPS) is 11.4. The Balaban J connectivity index is 2.99. The highest BCUT2D eigenvalue weighted by molar-refractivity contribution is 5.78. The molecule has 0 aromatic heterocycles. The van der Waals surface area contributed by atoms with Gasteiger partial charge in [-0.15, -0.1) is 11.8 Å². The van der Waals surface area contributed by atoms with Crippen LogP contribution in [0, 0.1) is 18.8 Å². The lowest BCUT2D eigenvalue weighted by molar-refractivity contribution is -0.138. The highest BCUT2D eigenvalue weighted by Gasteiger charge is 2.21. The fourth-order valence-electron chi connectivity index (χ4n) is 1.75. The van der Waals surface area contributed by atoms with E-state index in [1.54, 1.807) is 13.0 Å². The number of carbonyl (C=O) groups is 1. The van der Waals surface area contributed by atoms with E-state index in [1.165, 1.54) is 0 Å². The van der Waals surface area contributed by atoms with Crippen molar-refractivity contribution < 1.29 is 9.90 Å². The molecule has 3 heteroatoms. The largest absolute Gasteiger partial charge is 0.481 e. The highest BCUT2D eigenvalue weighted by Crippen LogP contribution is 2.27. The maximum absolute atomic E-state index is 11.3. The number of anilines is 1. The van der Waals surface area contributed by atoms with Crippen LogP contribution in [0.4, 0.5) is 5.69 Å². The Hall–Kier alpha value is -1.95. The second-order valence-corrected chi connectivity index (χ2v) is 3.99. The Labute approximate surface area is 102 Å². The molecule has 0 saturated carbocycles. The SMILES string of the molecule is CC#CCCC(C(=O)O)c1cc(C)ccc1N. The Bertz CT molecular complexity index is 469. The van der Waals surface area contributed by atoms with Crippen molar-refractivity contribution in [2.45, 2.75) is 32.6 Å². The number of hydrogen-bond acceptors (Lipinski definition) is 2. The first kappa shape index (κ1) is 13.1. The van der Waals surface area contributed by atoms with Crippen molar-refractivity contribution in [3.8, 4) is 11.8 Å². The third-order valence-corrected chi connectivity index (χ3v) is 2.65. The smallest absolute Gasteiger partial charge is 0.311 e.